The molecule has 12 nitrogen and oxygen atoms in total. The molecule has 4 fully saturated rings. The van der Waals surface area contributed by atoms with Gasteiger partial charge < -0.3 is 42.8 Å². The van der Waals surface area contributed by atoms with E-state index in [9.17, 15) is 14.4 Å². The second-order valence-electron chi connectivity index (χ2n) is 18.1. The summed E-state index contributed by atoms with van der Waals surface area (Å²) in [4.78, 5) is 43.1. The molecule has 17 atom stereocenters. The number of ketones is 1. The lowest BCUT2D eigenvalue weighted by molar-refractivity contribution is -0.314. The van der Waals surface area contributed by atoms with Gasteiger partial charge in [-0.25, -0.2) is 0 Å². The summed E-state index contributed by atoms with van der Waals surface area (Å²) in [6.45, 7) is 14.0. The van der Waals surface area contributed by atoms with Crippen molar-refractivity contribution in [1.82, 2.24) is 4.90 Å². The maximum absolute atomic E-state index is 14.8. The number of cyclic esters (lactones) is 1. The van der Waals surface area contributed by atoms with Crippen LogP contribution < -0.4 is 0 Å². The molecule has 0 aromatic rings. The zero-order valence-electron chi connectivity index (χ0n) is 36.3. The third kappa shape index (κ3) is 9.27. The third-order valence-electron chi connectivity index (χ3n) is 14.3. The number of nitrogens with zero attached hydrogens (tertiary/aromatic N) is 1. The first-order valence-electron chi connectivity index (χ1n) is 21.8. The normalized spacial score (nSPS) is 42.8. The van der Waals surface area contributed by atoms with E-state index < -0.39 is 24.6 Å². The second-order valence-corrected chi connectivity index (χ2v) is 18.1. The molecule has 0 aromatic carbocycles. The molecule has 0 N–H and O–H groups in total. The predicted molar refractivity (Wildman–Crippen MR) is 213 cm³/mol. The number of likely N-dealkylation sites (N-methyl/N-ethyl adjacent to an activating group) is 1. The van der Waals surface area contributed by atoms with Crippen LogP contribution in [0.4, 0.5) is 0 Å². The van der Waals surface area contributed by atoms with Crippen molar-refractivity contribution in [2.24, 2.45) is 41.4 Å². The maximum atomic E-state index is 14.8. The minimum absolute atomic E-state index is 0.00842. The Morgan fingerprint density at radius 2 is 1.58 bits per heavy atom. The van der Waals surface area contributed by atoms with E-state index >= 15 is 0 Å². The molecule has 0 aromatic heterocycles. The minimum Gasteiger partial charge on any atom is -0.462 e. The average molecular weight is 802 g/mol. The zero-order valence-corrected chi connectivity index (χ0v) is 36.3. The van der Waals surface area contributed by atoms with Crippen LogP contribution >= 0.6 is 0 Å². The molecule has 3 heterocycles. The molecule has 3 aliphatic heterocycles. The molecule has 12 heteroatoms. The van der Waals surface area contributed by atoms with Crippen LogP contribution in [0.1, 0.15) is 106 Å². The van der Waals surface area contributed by atoms with Crippen molar-refractivity contribution in [2.45, 2.75) is 174 Å². The first-order chi connectivity index (χ1) is 27.2. The van der Waals surface area contributed by atoms with Crippen LogP contribution in [0.3, 0.4) is 0 Å². The van der Waals surface area contributed by atoms with Crippen LogP contribution in [0.25, 0.3) is 0 Å². The van der Waals surface area contributed by atoms with Crippen molar-refractivity contribution in [2.75, 3.05) is 28.4 Å². The molecule has 6 aliphatic rings. The van der Waals surface area contributed by atoms with Crippen LogP contribution in [0.15, 0.2) is 23.3 Å². The topological polar surface area (TPSA) is 128 Å². The Hall–Kier alpha value is -2.19. The zero-order chi connectivity index (χ0) is 41.3. The van der Waals surface area contributed by atoms with Crippen LogP contribution in [0.5, 0.6) is 0 Å². The Morgan fingerprint density at radius 1 is 0.860 bits per heavy atom. The fourth-order valence-electron chi connectivity index (χ4n) is 11.2. The molecule has 3 unspecified atom stereocenters. The molecule has 0 radical (unpaired) electrons. The monoisotopic (exact) mass is 802 g/mol. The van der Waals surface area contributed by atoms with Gasteiger partial charge in [-0.2, -0.15) is 0 Å². The molecule has 57 heavy (non-hydrogen) atoms. The molecule has 0 bridgehead atoms. The summed E-state index contributed by atoms with van der Waals surface area (Å²) in [7, 11) is 6.82. The quantitative estimate of drug-likeness (QED) is 0.179. The van der Waals surface area contributed by atoms with E-state index in [0.29, 0.717) is 19.3 Å². The van der Waals surface area contributed by atoms with Crippen LogP contribution in [-0.4, -0.2) is 118 Å². The summed E-state index contributed by atoms with van der Waals surface area (Å²) in [5, 5.41) is 0. The average Bonchev–Trinajstić information content (AvgIpc) is 3.77. The molecule has 3 aliphatic carbocycles. The SMILES string of the molecule is CC[C@H]1CCC[C@H](O[C@H]2CC[C@H](N(C)C(=O)C(C)C)C(C)O2)[C@@H](C)C(=O)C2=C[C@@H]3[C@@H](C=C(C)[C@@H]4C[C@@H](O[C@@H]5OC(C)[C@H](OC)C(OC)[C@@H]5OC)C[C@@H]34)[C@@H]2CC(=O)O1. The Kier molecular flexibility index (Phi) is 14.8. The van der Waals surface area contributed by atoms with Gasteiger partial charge in [0, 0.05) is 52.6 Å². The van der Waals surface area contributed by atoms with Gasteiger partial charge in [0.25, 0.3) is 0 Å². The number of Topliss-reactive ketones (excluding diaryl/α,β-unsaturated/α-hetero) is 1. The molecule has 1 amide bonds. The maximum Gasteiger partial charge on any atom is 0.306 e. The largest absolute Gasteiger partial charge is 0.462 e. The van der Waals surface area contributed by atoms with E-state index in [-0.39, 0.29) is 108 Å². The summed E-state index contributed by atoms with van der Waals surface area (Å²) in [5.41, 5.74) is 2.02. The summed E-state index contributed by atoms with van der Waals surface area (Å²) >= 11 is 0. The first-order valence-corrected chi connectivity index (χ1v) is 21.8. The number of ether oxygens (including phenoxy) is 8. The summed E-state index contributed by atoms with van der Waals surface area (Å²) in [6.07, 6.45) is 7.33. The van der Waals surface area contributed by atoms with Gasteiger partial charge in [-0.1, -0.05) is 45.4 Å². The Bertz CT molecular complexity index is 1480. The molecule has 322 valence electrons. The number of amides is 1. The van der Waals surface area contributed by atoms with Crippen molar-refractivity contribution in [1.29, 1.82) is 0 Å². The smallest absolute Gasteiger partial charge is 0.306 e. The third-order valence-corrected chi connectivity index (χ3v) is 14.3. The highest BCUT2D eigenvalue weighted by atomic mass is 16.7. The molecule has 0 spiro atoms. The van der Waals surface area contributed by atoms with Crippen molar-refractivity contribution in [3.05, 3.63) is 23.3 Å². The number of carbonyl (C=O) groups excluding carboxylic acids is 3. The minimum atomic E-state index is -0.616. The number of fused-ring (bicyclic) bond motifs is 5. The van der Waals surface area contributed by atoms with E-state index in [1.807, 2.05) is 46.6 Å². The molecular formula is C45H71NO11. The van der Waals surface area contributed by atoms with Crippen LogP contribution in [0, 0.1) is 41.4 Å². The molecule has 6 rings (SSSR count). The number of hydrogen-bond donors (Lipinski definition) is 0. The number of carbonyl (C=O) groups is 3. The highest BCUT2D eigenvalue weighted by Gasteiger charge is 2.54. The summed E-state index contributed by atoms with van der Waals surface area (Å²) in [5.74, 6) is -0.264. The van der Waals surface area contributed by atoms with Crippen molar-refractivity contribution < 1.29 is 52.3 Å². The Morgan fingerprint density at radius 3 is 2.23 bits per heavy atom. The highest BCUT2D eigenvalue weighted by Crippen LogP contribution is 2.56. The fraction of sp³-hybridized carbons (Fsp3) is 0.844. The molecule has 3 saturated heterocycles. The summed E-state index contributed by atoms with van der Waals surface area (Å²) < 4.78 is 49.8. The van der Waals surface area contributed by atoms with E-state index in [4.69, 9.17) is 37.9 Å². The first kappa shape index (κ1) is 44.4. The molecule has 1 saturated carbocycles. The Labute approximate surface area is 341 Å². The fourth-order valence-corrected chi connectivity index (χ4v) is 11.2. The van der Waals surface area contributed by atoms with E-state index in [1.165, 1.54) is 5.57 Å². The van der Waals surface area contributed by atoms with Crippen molar-refractivity contribution in [3.63, 3.8) is 0 Å². The number of allylic oxidation sites excluding steroid dienone is 4. The lowest BCUT2D eigenvalue weighted by atomic mass is 9.67. The number of methoxy groups -OCH3 is 3. The Balaban J connectivity index is 1.21. The number of hydrogen-bond acceptors (Lipinski definition) is 11. The van der Waals surface area contributed by atoms with E-state index in [0.717, 1.165) is 37.7 Å². The van der Waals surface area contributed by atoms with Gasteiger partial charge in [-0.05, 0) is 95.0 Å². The van der Waals surface area contributed by atoms with Gasteiger partial charge in [0.2, 0.25) is 5.91 Å². The highest BCUT2D eigenvalue weighted by molar-refractivity contribution is 5.99. The van der Waals surface area contributed by atoms with E-state index in [2.05, 4.69) is 26.0 Å². The summed E-state index contributed by atoms with van der Waals surface area (Å²) in [6, 6.07) is -0.0331. The van der Waals surface area contributed by atoms with Gasteiger partial charge in [0.1, 0.15) is 24.4 Å². The standard InChI is InChI=1S/C45H71NO11/c1-12-28-14-13-15-37(57-39-17-16-36(26(6)53-39)46(8)44(49)23(2)3)25(5)40(48)35-21-33-31(34(35)22-38(47)55-28)18-24(4)30-19-29(20-32(30)33)56-45-43(52-11)42(51-10)41(50-9)27(7)54-45/h18,21,23,25-34,36-37,39,41-43,45H,12-17,19-20,22H2,1-11H3/t25-,26?,27?,28+,29-,30+,31-,32-,33-,34+,36+,37+,39+,41+,42?,43+,45+/m1/s1. The second kappa shape index (κ2) is 19.0. The van der Waals surface area contributed by atoms with Gasteiger partial charge in [-0.3, -0.25) is 14.4 Å². The van der Waals surface area contributed by atoms with Gasteiger partial charge in [-0.15, -0.1) is 0 Å². The van der Waals surface area contributed by atoms with Crippen molar-refractivity contribution in [3.8, 4) is 0 Å². The van der Waals surface area contributed by atoms with Crippen LogP contribution in [-0.2, 0) is 52.3 Å². The number of esters is 1. The molecular weight excluding hydrogens is 730 g/mol. The number of rotatable bonds is 10. The van der Waals surface area contributed by atoms with Gasteiger partial charge >= 0.3 is 5.97 Å². The van der Waals surface area contributed by atoms with E-state index in [1.54, 1.807) is 21.3 Å². The van der Waals surface area contributed by atoms with Gasteiger partial charge in [0.05, 0.1) is 36.9 Å². The van der Waals surface area contributed by atoms with Gasteiger partial charge in [0.15, 0.2) is 18.4 Å². The van der Waals surface area contributed by atoms with Crippen molar-refractivity contribution >= 4 is 17.7 Å². The lowest BCUT2D eigenvalue weighted by Crippen LogP contribution is -2.59. The predicted octanol–water partition coefficient (Wildman–Crippen LogP) is 6.43. The lowest BCUT2D eigenvalue weighted by Gasteiger charge is -2.44. The van der Waals surface area contributed by atoms with Crippen LogP contribution in [0.2, 0.25) is 0 Å².